The molecule has 1 heterocycles. The highest BCUT2D eigenvalue weighted by molar-refractivity contribution is 4.78. The van der Waals surface area contributed by atoms with Crippen molar-refractivity contribution in [1.29, 1.82) is 0 Å². The molecule has 0 aromatic carbocycles. The van der Waals surface area contributed by atoms with Crippen LogP contribution in [0.1, 0.15) is 40.5 Å². The summed E-state index contributed by atoms with van der Waals surface area (Å²) in [5, 5.41) is 0. The Morgan fingerprint density at radius 3 is 2.54 bits per heavy atom. The molecule has 1 rings (SSSR count). The summed E-state index contributed by atoms with van der Waals surface area (Å²) in [5.41, 5.74) is 0. The molecule has 1 aliphatic rings. The third-order valence-corrected chi connectivity index (χ3v) is 2.30. The molecule has 1 fully saturated rings. The molecule has 0 aromatic rings. The highest BCUT2D eigenvalue weighted by atomic mass is 16.6. The summed E-state index contributed by atoms with van der Waals surface area (Å²) in [6.07, 6.45) is 3.18. The molecule has 2 atom stereocenters. The lowest BCUT2D eigenvalue weighted by atomic mass is 10.0. The van der Waals surface area contributed by atoms with Crippen LogP contribution in [-0.4, -0.2) is 24.9 Å². The Bertz CT molecular complexity index is 127. The first-order valence-corrected chi connectivity index (χ1v) is 5.36. The second-order valence-electron chi connectivity index (χ2n) is 4.55. The van der Waals surface area contributed by atoms with Crippen LogP contribution in [0, 0.1) is 5.92 Å². The van der Waals surface area contributed by atoms with Crippen LogP contribution in [0.15, 0.2) is 0 Å². The molecule has 13 heavy (non-hydrogen) atoms. The molecule has 78 valence electrons. The van der Waals surface area contributed by atoms with E-state index in [1.54, 1.807) is 0 Å². The molecule has 2 heteroatoms. The van der Waals surface area contributed by atoms with Crippen LogP contribution in [0.5, 0.6) is 0 Å². The molecule has 0 amide bonds. The van der Waals surface area contributed by atoms with Gasteiger partial charge >= 0.3 is 0 Å². The SMILES string of the molecule is CC(C)CC1OCCC1OC(C)C. The van der Waals surface area contributed by atoms with E-state index in [4.69, 9.17) is 9.47 Å². The lowest BCUT2D eigenvalue weighted by Gasteiger charge is -2.22. The first-order valence-electron chi connectivity index (χ1n) is 5.36. The van der Waals surface area contributed by atoms with Gasteiger partial charge in [-0.2, -0.15) is 0 Å². The van der Waals surface area contributed by atoms with Crippen LogP contribution >= 0.6 is 0 Å². The second-order valence-corrected chi connectivity index (χ2v) is 4.55. The van der Waals surface area contributed by atoms with E-state index in [0.717, 1.165) is 19.4 Å². The molecule has 0 aliphatic carbocycles. The summed E-state index contributed by atoms with van der Waals surface area (Å²) >= 11 is 0. The van der Waals surface area contributed by atoms with Gasteiger partial charge in [0.1, 0.15) is 0 Å². The van der Waals surface area contributed by atoms with Crippen molar-refractivity contribution in [3.8, 4) is 0 Å². The predicted molar refractivity (Wildman–Crippen MR) is 53.8 cm³/mol. The van der Waals surface area contributed by atoms with Crippen molar-refractivity contribution in [2.75, 3.05) is 6.61 Å². The van der Waals surface area contributed by atoms with Gasteiger partial charge in [0.05, 0.1) is 18.3 Å². The van der Waals surface area contributed by atoms with Crippen LogP contribution in [0.3, 0.4) is 0 Å². The quantitative estimate of drug-likeness (QED) is 0.672. The molecular formula is C11H22O2. The molecule has 0 radical (unpaired) electrons. The Morgan fingerprint density at radius 2 is 2.00 bits per heavy atom. The van der Waals surface area contributed by atoms with Gasteiger partial charge in [0, 0.05) is 6.61 Å². The van der Waals surface area contributed by atoms with Gasteiger partial charge in [0.15, 0.2) is 0 Å². The van der Waals surface area contributed by atoms with Crippen molar-refractivity contribution < 1.29 is 9.47 Å². The lowest BCUT2D eigenvalue weighted by molar-refractivity contribution is -0.0439. The number of rotatable bonds is 4. The number of hydrogen-bond donors (Lipinski definition) is 0. The summed E-state index contributed by atoms with van der Waals surface area (Å²) < 4.78 is 11.5. The third kappa shape index (κ3) is 3.65. The molecule has 1 saturated heterocycles. The monoisotopic (exact) mass is 186 g/mol. The minimum atomic E-state index is 0.321. The minimum absolute atomic E-state index is 0.321. The maximum absolute atomic E-state index is 5.80. The van der Waals surface area contributed by atoms with Crippen molar-refractivity contribution in [3.63, 3.8) is 0 Å². The first kappa shape index (κ1) is 11.0. The molecule has 2 nitrogen and oxygen atoms in total. The van der Waals surface area contributed by atoms with Gasteiger partial charge in [-0.25, -0.2) is 0 Å². The van der Waals surface area contributed by atoms with E-state index in [1.807, 2.05) is 0 Å². The molecule has 0 saturated carbocycles. The van der Waals surface area contributed by atoms with Crippen LogP contribution < -0.4 is 0 Å². The Balaban J connectivity index is 2.35. The zero-order valence-electron chi connectivity index (χ0n) is 9.25. The van der Waals surface area contributed by atoms with Crippen molar-refractivity contribution in [2.45, 2.75) is 58.8 Å². The summed E-state index contributed by atoms with van der Waals surface area (Å²) in [4.78, 5) is 0. The van der Waals surface area contributed by atoms with Gasteiger partial charge in [-0.1, -0.05) is 13.8 Å². The van der Waals surface area contributed by atoms with Crippen molar-refractivity contribution in [3.05, 3.63) is 0 Å². The van der Waals surface area contributed by atoms with E-state index in [1.165, 1.54) is 0 Å². The van der Waals surface area contributed by atoms with Crippen LogP contribution in [0.4, 0.5) is 0 Å². The normalized spacial score (nSPS) is 29.1. The molecule has 2 unspecified atom stereocenters. The van der Waals surface area contributed by atoms with Gasteiger partial charge in [-0.05, 0) is 32.6 Å². The highest BCUT2D eigenvalue weighted by Crippen LogP contribution is 2.23. The van der Waals surface area contributed by atoms with Crippen molar-refractivity contribution in [1.82, 2.24) is 0 Å². The predicted octanol–water partition coefficient (Wildman–Crippen LogP) is 2.62. The molecular weight excluding hydrogens is 164 g/mol. The average Bonchev–Trinajstić information content (AvgIpc) is 2.34. The molecule has 1 aliphatic heterocycles. The van der Waals surface area contributed by atoms with Gasteiger partial charge < -0.3 is 9.47 Å². The average molecular weight is 186 g/mol. The number of hydrogen-bond acceptors (Lipinski definition) is 2. The maximum Gasteiger partial charge on any atom is 0.0862 e. The fraction of sp³-hybridized carbons (Fsp3) is 1.00. The summed E-state index contributed by atoms with van der Waals surface area (Å²) in [5.74, 6) is 0.696. The Hall–Kier alpha value is -0.0800. The highest BCUT2D eigenvalue weighted by Gasteiger charge is 2.29. The van der Waals surface area contributed by atoms with E-state index in [9.17, 15) is 0 Å². The zero-order chi connectivity index (χ0) is 9.84. The van der Waals surface area contributed by atoms with Gasteiger partial charge in [0.25, 0.3) is 0 Å². The Kier molecular flexibility index (Phi) is 4.20. The largest absolute Gasteiger partial charge is 0.375 e. The maximum atomic E-state index is 5.80. The van der Waals surface area contributed by atoms with Gasteiger partial charge in [-0.15, -0.1) is 0 Å². The van der Waals surface area contributed by atoms with Crippen LogP contribution in [0.25, 0.3) is 0 Å². The van der Waals surface area contributed by atoms with Crippen molar-refractivity contribution in [2.24, 2.45) is 5.92 Å². The standard InChI is InChI=1S/C11H22O2/c1-8(2)7-11-10(5-6-12-11)13-9(3)4/h8-11H,5-7H2,1-4H3. The molecule has 0 aromatic heterocycles. The third-order valence-electron chi connectivity index (χ3n) is 2.30. The fourth-order valence-electron chi connectivity index (χ4n) is 1.82. The van der Waals surface area contributed by atoms with Gasteiger partial charge in [0.2, 0.25) is 0 Å². The molecule has 0 spiro atoms. The molecule has 0 N–H and O–H groups in total. The second kappa shape index (κ2) is 4.97. The van der Waals surface area contributed by atoms with Crippen LogP contribution in [0.2, 0.25) is 0 Å². The lowest BCUT2D eigenvalue weighted by Crippen LogP contribution is -2.28. The summed E-state index contributed by atoms with van der Waals surface area (Å²) in [7, 11) is 0. The Labute approximate surface area is 81.6 Å². The summed E-state index contributed by atoms with van der Waals surface area (Å²) in [6.45, 7) is 9.51. The topological polar surface area (TPSA) is 18.5 Å². The van der Waals surface area contributed by atoms with Crippen molar-refractivity contribution >= 4 is 0 Å². The van der Waals surface area contributed by atoms with E-state index < -0.39 is 0 Å². The van der Waals surface area contributed by atoms with Crippen LogP contribution in [-0.2, 0) is 9.47 Å². The fourth-order valence-corrected chi connectivity index (χ4v) is 1.82. The smallest absolute Gasteiger partial charge is 0.0862 e. The first-order chi connectivity index (χ1) is 6.09. The zero-order valence-corrected chi connectivity index (χ0v) is 9.25. The van der Waals surface area contributed by atoms with Gasteiger partial charge in [-0.3, -0.25) is 0 Å². The van der Waals surface area contributed by atoms with E-state index in [-0.39, 0.29) is 0 Å². The van der Waals surface area contributed by atoms with E-state index in [2.05, 4.69) is 27.7 Å². The van der Waals surface area contributed by atoms with E-state index >= 15 is 0 Å². The number of ether oxygens (including phenoxy) is 2. The Morgan fingerprint density at radius 1 is 1.31 bits per heavy atom. The molecule has 0 bridgehead atoms. The minimum Gasteiger partial charge on any atom is -0.375 e. The summed E-state index contributed by atoms with van der Waals surface area (Å²) in [6, 6.07) is 0. The van der Waals surface area contributed by atoms with E-state index in [0.29, 0.717) is 24.2 Å².